The summed E-state index contributed by atoms with van der Waals surface area (Å²) >= 11 is 0. The summed E-state index contributed by atoms with van der Waals surface area (Å²) < 4.78 is 0. The number of likely N-dealkylation sites (tertiary alicyclic amines) is 1. The number of anilines is 1. The van der Waals surface area contributed by atoms with Crippen LogP contribution in [0.3, 0.4) is 0 Å². The molecule has 126 valence electrons. The summed E-state index contributed by atoms with van der Waals surface area (Å²) in [5.41, 5.74) is 2.02. The number of nitrogens with zero attached hydrogens (tertiary/aromatic N) is 3. The fourth-order valence-electron chi connectivity index (χ4n) is 3.21. The van der Waals surface area contributed by atoms with Crippen LogP contribution in [0.4, 0.5) is 11.5 Å². The normalized spacial score (nSPS) is 17.8. The fourth-order valence-corrected chi connectivity index (χ4v) is 3.21. The smallest absolute Gasteiger partial charge is 0.290 e. The highest BCUT2D eigenvalue weighted by atomic mass is 16.6. The highest BCUT2D eigenvalue weighted by Crippen LogP contribution is 2.22. The molecule has 1 aliphatic rings. The van der Waals surface area contributed by atoms with Gasteiger partial charge in [0.25, 0.3) is 5.69 Å². The van der Waals surface area contributed by atoms with Crippen molar-refractivity contribution in [3.05, 3.63) is 63.8 Å². The molecular weight excluding hydrogens is 304 g/mol. The van der Waals surface area contributed by atoms with Gasteiger partial charge in [-0.15, -0.1) is 0 Å². The Balaban J connectivity index is 1.59. The van der Waals surface area contributed by atoms with Gasteiger partial charge in [0.2, 0.25) is 0 Å². The Kier molecular flexibility index (Phi) is 5.05. The number of pyridine rings is 1. The van der Waals surface area contributed by atoms with Gasteiger partial charge in [-0.2, -0.15) is 0 Å². The SMILES string of the molecule is Cc1cc(NCC2CCCN2Cc2ccccc2)ncc1[N+](=O)[O-]. The second-order valence-electron chi connectivity index (χ2n) is 6.25. The molecule has 1 atom stereocenters. The minimum Gasteiger partial charge on any atom is -0.368 e. The monoisotopic (exact) mass is 326 g/mol. The Morgan fingerprint density at radius 2 is 2.17 bits per heavy atom. The van der Waals surface area contributed by atoms with Crippen LogP contribution in [0, 0.1) is 17.0 Å². The molecular formula is C18H22N4O2. The highest BCUT2D eigenvalue weighted by Gasteiger charge is 2.24. The molecule has 2 heterocycles. The first-order valence-electron chi connectivity index (χ1n) is 8.26. The molecule has 2 aromatic rings. The van der Waals surface area contributed by atoms with Gasteiger partial charge >= 0.3 is 0 Å². The molecule has 0 saturated carbocycles. The summed E-state index contributed by atoms with van der Waals surface area (Å²) in [5, 5.41) is 14.2. The standard InChI is InChI=1S/C18H22N4O2/c1-14-10-18(20-12-17(14)22(23)24)19-11-16-8-5-9-21(16)13-15-6-3-2-4-7-15/h2-4,6-7,10,12,16H,5,8-9,11,13H2,1H3,(H,19,20). The van der Waals surface area contributed by atoms with E-state index in [1.807, 2.05) is 6.07 Å². The predicted octanol–water partition coefficient (Wildman–Crippen LogP) is 3.37. The van der Waals surface area contributed by atoms with Crippen LogP contribution >= 0.6 is 0 Å². The Morgan fingerprint density at radius 1 is 1.38 bits per heavy atom. The van der Waals surface area contributed by atoms with E-state index in [2.05, 4.69) is 39.5 Å². The van der Waals surface area contributed by atoms with E-state index in [1.165, 1.54) is 18.2 Å². The second kappa shape index (κ2) is 7.40. The zero-order valence-corrected chi connectivity index (χ0v) is 13.8. The molecule has 1 unspecified atom stereocenters. The van der Waals surface area contributed by atoms with Crippen molar-refractivity contribution in [2.75, 3.05) is 18.4 Å². The maximum absolute atomic E-state index is 10.9. The predicted molar refractivity (Wildman–Crippen MR) is 94.0 cm³/mol. The van der Waals surface area contributed by atoms with E-state index in [9.17, 15) is 10.1 Å². The second-order valence-corrected chi connectivity index (χ2v) is 6.25. The lowest BCUT2D eigenvalue weighted by atomic mass is 10.2. The van der Waals surface area contributed by atoms with Crippen LogP contribution in [0.5, 0.6) is 0 Å². The summed E-state index contributed by atoms with van der Waals surface area (Å²) in [7, 11) is 0. The first-order valence-corrected chi connectivity index (χ1v) is 8.26. The third-order valence-corrected chi connectivity index (χ3v) is 4.53. The topological polar surface area (TPSA) is 71.3 Å². The van der Waals surface area contributed by atoms with E-state index in [1.54, 1.807) is 13.0 Å². The maximum atomic E-state index is 10.9. The van der Waals surface area contributed by atoms with Crippen LogP contribution in [-0.2, 0) is 6.54 Å². The molecule has 0 bridgehead atoms. The largest absolute Gasteiger partial charge is 0.368 e. The Bertz CT molecular complexity index is 705. The van der Waals surface area contributed by atoms with Crippen molar-refractivity contribution in [1.29, 1.82) is 0 Å². The van der Waals surface area contributed by atoms with Gasteiger partial charge in [-0.25, -0.2) is 4.98 Å². The third kappa shape index (κ3) is 3.89. The molecule has 1 N–H and O–H groups in total. The molecule has 24 heavy (non-hydrogen) atoms. The molecule has 1 aliphatic heterocycles. The van der Waals surface area contributed by atoms with Crippen LogP contribution in [0.2, 0.25) is 0 Å². The van der Waals surface area contributed by atoms with Gasteiger partial charge in [-0.1, -0.05) is 30.3 Å². The summed E-state index contributed by atoms with van der Waals surface area (Å²) in [5.74, 6) is 0.699. The number of rotatable bonds is 6. The van der Waals surface area contributed by atoms with E-state index < -0.39 is 4.92 Å². The van der Waals surface area contributed by atoms with Crippen LogP contribution in [0.1, 0.15) is 24.0 Å². The van der Waals surface area contributed by atoms with Gasteiger partial charge < -0.3 is 5.32 Å². The van der Waals surface area contributed by atoms with Crippen molar-refractivity contribution in [3.63, 3.8) is 0 Å². The molecule has 0 amide bonds. The average molecular weight is 326 g/mol. The summed E-state index contributed by atoms with van der Waals surface area (Å²) in [6.45, 7) is 4.60. The third-order valence-electron chi connectivity index (χ3n) is 4.53. The number of nitro groups is 1. The van der Waals surface area contributed by atoms with Gasteiger partial charge in [0, 0.05) is 24.7 Å². The van der Waals surface area contributed by atoms with E-state index >= 15 is 0 Å². The van der Waals surface area contributed by atoms with E-state index in [4.69, 9.17) is 0 Å². The zero-order valence-electron chi connectivity index (χ0n) is 13.8. The van der Waals surface area contributed by atoms with E-state index in [-0.39, 0.29) is 5.69 Å². The van der Waals surface area contributed by atoms with Gasteiger partial charge in [0.05, 0.1) is 4.92 Å². The minimum atomic E-state index is -0.398. The Hall–Kier alpha value is -2.47. The van der Waals surface area contributed by atoms with Crippen molar-refractivity contribution >= 4 is 11.5 Å². The molecule has 6 heteroatoms. The van der Waals surface area contributed by atoms with Gasteiger partial charge in [0.15, 0.2) is 0 Å². The molecule has 3 rings (SSSR count). The minimum absolute atomic E-state index is 0.0621. The molecule has 1 aromatic carbocycles. The van der Waals surface area contributed by atoms with E-state index in [0.717, 1.165) is 26.1 Å². The first-order chi connectivity index (χ1) is 11.6. The lowest BCUT2D eigenvalue weighted by Crippen LogP contribution is -2.34. The van der Waals surface area contributed by atoms with Crippen LogP contribution in [-0.4, -0.2) is 33.9 Å². The molecule has 0 spiro atoms. The van der Waals surface area contributed by atoms with Crippen molar-refractivity contribution in [2.24, 2.45) is 0 Å². The number of hydrogen-bond donors (Lipinski definition) is 1. The molecule has 6 nitrogen and oxygen atoms in total. The van der Waals surface area contributed by atoms with Gasteiger partial charge in [-0.05, 0) is 37.9 Å². The van der Waals surface area contributed by atoms with E-state index in [0.29, 0.717) is 17.4 Å². The molecule has 0 radical (unpaired) electrons. The number of hydrogen-bond acceptors (Lipinski definition) is 5. The average Bonchev–Trinajstić information content (AvgIpc) is 3.00. The summed E-state index contributed by atoms with van der Waals surface area (Å²) in [6.07, 6.45) is 3.69. The quantitative estimate of drug-likeness (QED) is 0.651. The molecule has 1 fully saturated rings. The lowest BCUT2D eigenvalue weighted by Gasteiger charge is -2.25. The number of nitrogens with one attached hydrogen (secondary N) is 1. The van der Waals surface area contributed by atoms with Gasteiger partial charge in [-0.3, -0.25) is 15.0 Å². The molecule has 1 aromatic heterocycles. The van der Waals surface area contributed by atoms with Crippen molar-refractivity contribution in [2.45, 2.75) is 32.4 Å². The van der Waals surface area contributed by atoms with Crippen LogP contribution in [0.25, 0.3) is 0 Å². The Morgan fingerprint density at radius 3 is 2.88 bits per heavy atom. The lowest BCUT2D eigenvalue weighted by molar-refractivity contribution is -0.385. The number of benzene rings is 1. The summed E-state index contributed by atoms with van der Waals surface area (Å²) in [6, 6.07) is 12.7. The maximum Gasteiger partial charge on any atom is 0.290 e. The van der Waals surface area contributed by atoms with Crippen LogP contribution < -0.4 is 5.32 Å². The highest BCUT2D eigenvalue weighted by molar-refractivity contribution is 5.46. The van der Waals surface area contributed by atoms with Gasteiger partial charge in [0.1, 0.15) is 12.0 Å². The summed E-state index contributed by atoms with van der Waals surface area (Å²) in [4.78, 5) is 17.1. The van der Waals surface area contributed by atoms with Crippen molar-refractivity contribution < 1.29 is 4.92 Å². The van der Waals surface area contributed by atoms with Crippen LogP contribution in [0.15, 0.2) is 42.6 Å². The fraction of sp³-hybridized carbons (Fsp3) is 0.389. The Labute approximate surface area is 141 Å². The number of aryl methyl sites for hydroxylation is 1. The van der Waals surface area contributed by atoms with Crippen molar-refractivity contribution in [1.82, 2.24) is 9.88 Å². The zero-order chi connectivity index (χ0) is 16.9. The molecule has 1 saturated heterocycles. The molecule has 0 aliphatic carbocycles. The van der Waals surface area contributed by atoms with Crippen molar-refractivity contribution in [3.8, 4) is 0 Å². The first kappa shape index (κ1) is 16.4. The number of aromatic nitrogens is 1.